The Morgan fingerprint density at radius 2 is 2.09 bits per heavy atom. The molecule has 1 fully saturated rings. The van der Waals surface area contributed by atoms with Gasteiger partial charge in [0.1, 0.15) is 5.82 Å². The average molecular weight is 296 g/mol. The molecule has 5 heteroatoms. The normalized spacial score (nSPS) is 18.0. The molecular formula is C17H20N4O. The van der Waals surface area contributed by atoms with Crippen LogP contribution in [0, 0.1) is 12.8 Å². The Kier molecular flexibility index (Phi) is 4.32. The number of nitrogens with one attached hydrogen (secondary N) is 1. The van der Waals surface area contributed by atoms with Crippen molar-refractivity contribution < 1.29 is 4.79 Å². The van der Waals surface area contributed by atoms with Crippen molar-refractivity contribution in [3.05, 3.63) is 48.4 Å². The summed E-state index contributed by atoms with van der Waals surface area (Å²) >= 11 is 0. The molecule has 1 aliphatic heterocycles. The number of hydrogen-bond donors (Lipinski definition) is 1. The molecule has 0 unspecified atom stereocenters. The number of anilines is 2. The topological polar surface area (TPSA) is 58.1 Å². The molecular weight excluding hydrogens is 276 g/mol. The molecule has 1 aromatic heterocycles. The van der Waals surface area contributed by atoms with Crippen LogP contribution in [-0.2, 0) is 4.79 Å². The van der Waals surface area contributed by atoms with Crippen LogP contribution in [0.5, 0.6) is 0 Å². The Bertz CT molecular complexity index is 627. The van der Waals surface area contributed by atoms with E-state index in [0.29, 0.717) is 6.54 Å². The van der Waals surface area contributed by atoms with Gasteiger partial charge in [0.15, 0.2) is 0 Å². The zero-order chi connectivity index (χ0) is 15.4. The number of aromatic nitrogens is 2. The molecule has 1 aromatic carbocycles. The first-order valence-corrected chi connectivity index (χ1v) is 7.61. The number of benzene rings is 1. The molecule has 22 heavy (non-hydrogen) atoms. The lowest BCUT2D eigenvalue weighted by atomic mass is 9.97. The molecule has 0 saturated carbocycles. The zero-order valence-corrected chi connectivity index (χ0v) is 12.7. The van der Waals surface area contributed by atoms with Gasteiger partial charge in [0, 0.05) is 31.2 Å². The summed E-state index contributed by atoms with van der Waals surface area (Å²) in [5.41, 5.74) is 2.04. The molecule has 1 saturated heterocycles. The van der Waals surface area contributed by atoms with Crippen LogP contribution in [-0.4, -0.2) is 29.0 Å². The summed E-state index contributed by atoms with van der Waals surface area (Å²) in [4.78, 5) is 23.0. The van der Waals surface area contributed by atoms with E-state index >= 15 is 0 Å². The van der Waals surface area contributed by atoms with Crippen molar-refractivity contribution in [2.45, 2.75) is 19.8 Å². The lowest BCUT2D eigenvalue weighted by Gasteiger charge is -2.32. The van der Waals surface area contributed by atoms with Gasteiger partial charge in [-0.25, -0.2) is 4.98 Å². The summed E-state index contributed by atoms with van der Waals surface area (Å²) in [7, 11) is 0. The molecule has 3 rings (SSSR count). The maximum Gasteiger partial charge on any atom is 0.229 e. The molecule has 0 bridgehead atoms. The van der Waals surface area contributed by atoms with Crippen molar-refractivity contribution in [2.24, 2.45) is 5.92 Å². The van der Waals surface area contributed by atoms with Crippen LogP contribution in [0.3, 0.4) is 0 Å². The van der Waals surface area contributed by atoms with Gasteiger partial charge in [-0.3, -0.25) is 9.78 Å². The fourth-order valence-electron chi connectivity index (χ4n) is 2.73. The fourth-order valence-corrected chi connectivity index (χ4v) is 2.73. The third-order valence-electron chi connectivity index (χ3n) is 3.98. The number of carbonyl (C=O) groups excluding carboxylic acids is 1. The van der Waals surface area contributed by atoms with Crippen molar-refractivity contribution in [2.75, 3.05) is 23.3 Å². The van der Waals surface area contributed by atoms with Gasteiger partial charge in [-0.2, -0.15) is 0 Å². The molecule has 1 atom stereocenters. The molecule has 0 aliphatic carbocycles. The van der Waals surface area contributed by atoms with E-state index in [1.807, 2.05) is 31.2 Å². The van der Waals surface area contributed by atoms with Gasteiger partial charge in [0.2, 0.25) is 5.91 Å². The Labute approximate surface area is 130 Å². The van der Waals surface area contributed by atoms with Crippen molar-refractivity contribution in [3.8, 4) is 0 Å². The minimum atomic E-state index is -0.0166. The van der Waals surface area contributed by atoms with Gasteiger partial charge < -0.3 is 10.2 Å². The Hall–Kier alpha value is -2.43. The number of nitrogens with zero attached hydrogens (tertiary/aromatic N) is 3. The molecule has 1 N–H and O–H groups in total. The maximum absolute atomic E-state index is 12.5. The Balaban J connectivity index is 1.64. The fraction of sp³-hybridized carbons (Fsp3) is 0.353. The van der Waals surface area contributed by atoms with Crippen molar-refractivity contribution in [1.29, 1.82) is 0 Å². The van der Waals surface area contributed by atoms with Crippen LogP contribution in [0.4, 0.5) is 11.5 Å². The lowest BCUT2D eigenvalue weighted by molar-refractivity contribution is -0.120. The van der Waals surface area contributed by atoms with Gasteiger partial charge in [-0.05, 0) is 31.9 Å². The van der Waals surface area contributed by atoms with Crippen LogP contribution in [0.2, 0.25) is 0 Å². The molecule has 1 amide bonds. The summed E-state index contributed by atoms with van der Waals surface area (Å²) in [6, 6.07) is 7.89. The second-order valence-corrected chi connectivity index (χ2v) is 5.70. The molecule has 0 spiro atoms. The van der Waals surface area contributed by atoms with Crippen LogP contribution >= 0.6 is 0 Å². The van der Waals surface area contributed by atoms with Crippen molar-refractivity contribution in [1.82, 2.24) is 9.97 Å². The van der Waals surface area contributed by atoms with Crippen LogP contribution in [0.15, 0.2) is 42.9 Å². The van der Waals surface area contributed by atoms with Crippen molar-refractivity contribution in [3.63, 3.8) is 0 Å². The first-order chi connectivity index (χ1) is 10.7. The highest BCUT2D eigenvalue weighted by molar-refractivity contribution is 5.93. The molecule has 2 heterocycles. The van der Waals surface area contributed by atoms with Gasteiger partial charge in [-0.1, -0.05) is 17.7 Å². The van der Waals surface area contributed by atoms with E-state index in [1.54, 1.807) is 18.6 Å². The second kappa shape index (κ2) is 6.56. The summed E-state index contributed by atoms with van der Waals surface area (Å²) in [5, 5.41) is 3.01. The lowest BCUT2D eigenvalue weighted by Crippen LogP contribution is -2.41. The van der Waals surface area contributed by atoms with E-state index < -0.39 is 0 Å². The quantitative estimate of drug-likeness (QED) is 0.946. The van der Waals surface area contributed by atoms with E-state index in [-0.39, 0.29) is 11.8 Å². The number of amides is 1. The molecule has 1 aliphatic rings. The van der Waals surface area contributed by atoms with Gasteiger partial charge in [0.25, 0.3) is 0 Å². The Morgan fingerprint density at radius 3 is 2.82 bits per heavy atom. The van der Waals surface area contributed by atoms with E-state index in [2.05, 4.69) is 20.2 Å². The van der Waals surface area contributed by atoms with Gasteiger partial charge >= 0.3 is 0 Å². The second-order valence-electron chi connectivity index (χ2n) is 5.70. The minimum Gasteiger partial charge on any atom is -0.355 e. The third-order valence-corrected chi connectivity index (χ3v) is 3.98. The largest absolute Gasteiger partial charge is 0.355 e. The number of carbonyl (C=O) groups is 1. The standard InChI is InChI=1S/C17H20N4O/c1-13-4-6-15(7-5-13)20-17(22)14-3-2-10-21(12-14)16-11-18-8-9-19-16/h4-9,11,14H,2-3,10,12H2,1H3,(H,20,22)/t14-/m0/s1. The van der Waals surface area contributed by atoms with Crippen LogP contribution in [0.1, 0.15) is 18.4 Å². The third kappa shape index (κ3) is 3.42. The minimum absolute atomic E-state index is 0.0166. The highest BCUT2D eigenvalue weighted by Crippen LogP contribution is 2.22. The molecule has 5 nitrogen and oxygen atoms in total. The zero-order valence-electron chi connectivity index (χ0n) is 12.7. The molecule has 0 radical (unpaired) electrons. The molecule has 2 aromatic rings. The summed E-state index contributed by atoms with van der Waals surface area (Å²) in [6.07, 6.45) is 7.00. The molecule has 114 valence electrons. The SMILES string of the molecule is Cc1ccc(NC(=O)[C@H]2CCCN(c3cnccn3)C2)cc1. The van der Waals surface area contributed by atoms with Crippen LogP contribution in [0.25, 0.3) is 0 Å². The summed E-state index contributed by atoms with van der Waals surface area (Å²) in [6.45, 7) is 3.65. The van der Waals surface area contributed by atoms with E-state index in [0.717, 1.165) is 30.9 Å². The number of hydrogen-bond acceptors (Lipinski definition) is 4. The Morgan fingerprint density at radius 1 is 1.27 bits per heavy atom. The smallest absolute Gasteiger partial charge is 0.229 e. The first kappa shape index (κ1) is 14.5. The number of rotatable bonds is 3. The average Bonchev–Trinajstić information content (AvgIpc) is 2.58. The number of piperidine rings is 1. The van der Waals surface area contributed by atoms with Crippen LogP contribution < -0.4 is 10.2 Å². The highest BCUT2D eigenvalue weighted by Gasteiger charge is 2.26. The predicted octanol–water partition coefficient (Wildman–Crippen LogP) is 2.64. The van der Waals surface area contributed by atoms with E-state index in [4.69, 9.17) is 0 Å². The first-order valence-electron chi connectivity index (χ1n) is 7.61. The van der Waals surface area contributed by atoms with E-state index in [1.165, 1.54) is 5.56 Å². The number of aryl methyl sites for hydroxylation is 1. The predicted molar refractivity (Wildman–Crippen MR) is 86.8 cm³/mol. The van der Waals surface area contributed by atoms with Gasteiger partial charge in [0.05, 0.1) is 12.1 Å². The summed E-state index contributed by atoms with van der Waals surface area (Å²) < 4.78 is 0. The monoisotopic (exact) mass is 296 g/mol. The van der Waals surface area contributed by atoms with Gasteiger partial charge in [-0.15, -0.1) is 0 Å². The maximum atomic E-state index is 12.5. The summed E-state index contributed by atoms with van der Waals surface area (Å²) in [5.74, 6) is 0.907. The van der Waals surface area contributed by atoms with E-state index in [9.17, 15) is 4.79 Å². The highest BCUT2D eigenvalue weighted by atomic mass is 16.1. The van der Waals surface area contributed by atoms with Crippen molar-refractivity contribution >= 4 is 17.4 Å².